The number of amides is 1. The van der Waals surface area contributed by atoms with Crippen LogP contribution >= 0.6 is 22.7 Å². The number of hydrogen-bond acceptors (Lipinski definition) is 6. The minimum Gasteiger partial charge on any atom is -0.333 e. The van der Waals surface area contributed by atoms with E-state index in [-0.39, 0.29) is 5.91 Å². The molecule has 0 bridgehead atoms. The lowest BCUT2D eigenvalue weighted by Gasteiger charge is -2.03. The van der Waals surface area contributed by atoms with Gasteiger partial charge >= 0.3 is 0 Å². The number of hydrogen-bond donors (Lipinski definition) is 1. The van der Waals surface area contributed by atoms with Crippen molar-refractivity contribution in [3.8, 4) is 10.8 Å². The average Bonchev–Trinajstić information content (AvgIpc) is 3.11. The van der Waals surface area contributed by atoms with E-state index in [0.29, 0.717) is 23.8 Å². The maximum absolute atomic E-state index is 12.0. The molecule has 0 fully saturated rings. The molecule has 0 aliphatic carbocycles. The molecule has 1 amide bonds. The molecule has 5 nitrogen and oxygen atoms in total. The summed E-state index contributed by atoms with van der Waals surface area (Å²) in [4.78, 5) is 18.0. The van der Waals surface area contributed by atoms with Crippen LogP contribution in [-0.2, 0) is 11.2 Å². The van der Waals surface area contributed by atoms with Gasteiger partial charge in [-0.25, -0.2) is 0 Å². The minimum absolute atomic E-state index is 0.0525. The Morgan fingerprint density at radius 3 is 2.95 bits per heavy atom. The molecule has 3 heterocycles. The van der Waals surface area contributed by atoms with Gasteiger partial charge in [-0.1, -0.05) is 11.2 Å². The van der Waals surface area contributed by atoms with Gasteiger partial charge in [-0.2, -0.15) is 4.98 Å². The van der Waals surface area contributed by atoms with Gasteiger partial charge in [-0.3, -0.25) is 4.79 Å². The van der Waals surface area contributed by atoms with E-state index in [4.69, 9.17) is 4.52 Å². The van der Waals surface area contributed by atoms with Crippen molar-refractivity contribution in [2.75, 3.05) is 5.32 Å². The normalized spacial score (nSPS) is 10.7. The summed E-state index contributed by atoms with van der Waals surface area (Å²) < 4.78 is 5.14. The van der Waals surface area contributed by atoms with Gasteiger partial charge in [-0.05, 0) is 29.8 Å². The van der Waals surface area contributed by atoms with Crippen molar-refractivity contribution >= 4 is 34.3 Å². The molecule has 0 atom stereocenters. The van der Waals surface area contributed by atoms with Gasteiger partial charge in [0, 0.05) is 4.88 Å². The number of carbonyl (C=O) groups is 1. The molecule has 0 spiro atoms. The first-order valence-electron chi connectivity index (χ1n) is 5.93. The summed E-state index contributed by atoms with van der Waals surface area (Å²) in [5, 5.41) is 10.5. The fourth-order valence-corrected chi connectivity index (χ4v) is 3.20. The minimum atomic E-state index is -0.0525. The van der Waals surface area contributed by atoms with E-state index >= 15 is 0 Å². The third-order valence-electron chi connectivity index (χ3n) is 2.58. The SMILES string of the molecule is Cc1noc(-c2sccc2NC(=O)Cc2cccs2)n1. The van der Waals surface area contributed by atoms with E-state index in [1.165, 1.54) is 11.3 Å². The van der Waals surface area contributed by atoms with Crippen LogP contribution in [0.3, 0.4) is 0 Å². The lowest BCUT2D eigenvalue weighted by atomic mass is 10.3. The van der Waals surface area contributed by atoms with E-state index in [2.05, 4.69) is 15.5 Å². The van der Waals surface area contributed by atoms with E-state index in [1.54, 1.807) is 18.3 Å². The van der Waals surface area contributed by atoms with E-state index < -0.39 is 0 Å². The highest BCUT2D eigenvalue weighted by Crippen LogP contribution is 2.32. The lowest BCUT2D eigenvalue weighted by molar-refractivity contribution is -0.115. The van der Waals surface area contributed by atoms with Crippen LogP contribution in [0.5, 0.6) is 0 Å². The Morgan fingerprint density at radius 1 is 1.35 bits per heavy atom. The van der Waals surface area contributed by atoms with Crippen molar-refractivity contribution in [2.24, 2.45) is 0 Å². The summed E-state index contributed by atoms with van der Waals surface area (Å²) in [6, 6.07) is 5.72. The highest BCUT2D eigenvalue weighted by Gasteiger charge is 2.15. The van der Waals surface area contributed by atoms with Gasteiger partial charge in [0.25, 0.3) is 5.89 Å². The molecule has 1 N–H and O–H groups in total. The van der Waals surface area contributed by atoms with Crippen molar-refractivity contribution < 1.29 is 9.32 Å². The predicted octanol–water partition coefficient (Wildman–Crippen LogP) is 3.35. The summed E-state index contributed by atoms with van der Waals surface area (Å²) in [5.41, 5.74) is 0.709. The second-order valence-corrected chi connectivity index (χ2v) is 6.06. The summed E-state index contributed by atoms with van der Waals surface area (Å²) in [6.45, 7) is 1.76. The second-order valence-electron chi connectivity index (χ2n) is 4.11. The number of thiophene rings is 2. The van der Waals surface area contributed by atoms with Gasteiger partial charge in [0.15, 0.2) is 5.82 Å². The molecule has 7 heteroatoms. The Bertz CT molecular complexity index is 716. The van der Waals surface area contributed by atoms with Crippen molar-refractivity contribution in [1.82, 2.24) is 10.1 Å². The summed E-state index contributed by atoms with van der Waals surface area (Å²) in [7, 11) is 0. The zero-order valence-corrected chi connectivity index (χ0v) is 12.3. The smallest absolute Gasteiger partial charge is 0.270 e. The number of nitrogens with zero attached hydrogens (tertiary/aromatic N) is 2. The first-order chi connectivity index (χ1) is 9.72. The molecule has 0 aliphatic rings. The van der Waals surface area contributed by atoms with E-state index in [0.717, 1.165) is 9.75 Å². The van der Waals surface area contributed by atoms with E-state index in [1.807, 2.05) is 29.0 Å². The number of aromatic nitrogens is 2. The van der Waals surface area contributed by atoms with Gasteiger partial charge in [0.2, 0.25) is 5.91 Å². The van der Waals surface area contributed by atoms with Crippen LogP contribution in [0.1, 0.15) is 10.7 Å². The van der Waals surface area contributed by atoms with Crippen LogP contribution in [0.15, 0.2) is 33.5 Å². The fraction of sp³-hybridized carbons (Fsp3) is 0.154. The molecule has 3 aromatic heterocycles. The number of carbonyl (C=O) groups excluding carboxylic acids is 1. The van der Waals surface area contributed by atoms with Crippen molar-refractivity contribution in [3.05, 3.63) is 39.7 Å². The first-order valence-corrected chi connectivity index (χ1v) is 7.69. The van der Waals surface area contributed by atoms with Crippen LogP contribution < -0.4 is 5.32 Å². The molecular weight excluding hydrogens is 294 g/mol. The van der Waals surface area contributed by atoms with Crippen LogP contribution in [0, 0.1) is 6.92 Å². The fourth-order valence-electron chi connectivity index (χ4n) is 1.73. The maximum Gasteiger partial charge on any atom is 0.270 e. The largest absolute Gasteiger partial charge is 0.333 e. The number of nitrogens with one attached hydrogen (secondary N) is 1. The molecule has 102 valence electrons. The van der Waals surface area contributed by atoms with Crippen LogP contribution in [0.4, 0.5) is 5.69 Å². The molecular formula is C13H11N3O2S2. The molecule has 0 aromatic carbocycles. The third-order valence-corrected chi connectivity index (χ3v) is 4.35. The van der Waals surface area contributed by atoms with Gasteiger partial charge in [-0.15, -0.1) is 22.7 Å². The third kappa shape index (κ3) is 2.78. The summed E-state index contributed by atoms with van der Waals surface area (Å²) >= 11 is 3.03. The number of anilines is 1. The molecule has 0 radical (unpaired) electrons. The highest BCUT2D eigenvalue weighted by molar-refractivity contribution is 7.14. The van der Waals surface area contributed by atoms with Gasteiger partial charge in [0.1, 0.15) is 4.88 Å². The Balaban J connectivity index is 1.75. The Hall–Kier alpha value is -1.99. The molecule has 3 aromatic rings. The van der Waals surface area contributed by atoms with Crippen molar-refractivity contribution in [1.29, 1.82) is 0 Å². The second kappa shape index (κ2) is 5.56. The Morgan fingerprint density at radius 2 is 2.25 bits per heavy atom. The topological polar surface area (TPSA) is 68.0 Å². The Kier molecular flexibility index (Phi) is 3.62. The first kappa shape index (κ1) is 13.0. The standard InChI is InChI=1S/C13H11N3O2S2/c1-8-14-13(18-16-8)12-10(4-6-20-12)15-11(17)7-9-3-2-5-19-9/h2-6H,7H2,1H3,(H,15,17). The van der Waals surface area contributed by atoms with Gasteiger partial charge < -0.3 is 9.84 Å². The van der Waals surface area contributed by atoms with Crippen LogP contribution in [0.2, 0.25) is 0 Å². The van der Waals surface area contributed by atoms with E-state index in [9.17, 15) is 4.79 Å². The van der Waals surface area contributed by atoms with Crippen molar-refractivity contribution in [2.45, 2.75) is 13.3 Å². The molecule has 0 unspecified atom stereocenters. The number of aryl methyl sites for hydroxylation is 1. The molecule has 20 heavy (non-hydrogen) atoms. The van der Waals surface area contributed by atoms with Gasteiger partial charge in [0.05, 0.1) is 12.1 Å². The van der Waals surface area contributed by atoms with Crippen molar-refractivity contribution in [3.63, 3.8) is 0 Å². The van der Waals surface area contributed by atoms with Crippen LogP contribution in [0.25, 0.3) is 10.8 Å². The Labute approximate surface area is 123 Å². The molecule has 0 aliphatic heterocycles. The monoisotopic (exact) mass is 305 g/mol. The lowest BCUT2D eigenvalue weighted by Crippen LogP contribution is -2.13. The quantitative estimate of drug-likeness (QED) is 0.802. The number of rotatable bonds is 4. The van der Waals surface area contributed by atoms with Crippen LogP contribution in [-0.4, -0.2) is 16.0 Å². The molecule has 0 saturated heterocycles. The molecule has 0 saturated carbocycles. The highest BCUT2D eigenvalue weighted by atomic mass is 32.1. The summed E-state index contributed by atoms with van der Waals surface area (Å²) in [6.07, 6.45) is 0.371. The average molecular weight is 305 g/mol. The summed E-state index contributed by atoms with van der Waals surface area (Å²) in [5.74, 6) is 0.955. The maximum atomic E-state index is 12.0. The zero-order valence-electron chi connectivity index (χ0n) is 10.6. The molecule has 3 rings (SSSR count). The predicted molar refractivity (Wildman–Crippen MR) is 79.0 cm³/mol. The zero-order chi connectivity index (χ0) is 13.9.